The van der Waals surface area contributed by atoms with Crippen molar-refractivity contribution in [2.24, 2.45) is 32.5 Å². The van der Waals surface area contributed by atoms with Gasteiger partial charge in [0.2, 0.25) is 0 Å². The zero-order valence-electron chi connectivity index (χ0n) is 47.9. The molecule has 0 saturated heterocycles. The van der Waals surface area contributed by atoms with Crippen LogP contribution in [0, 0.1) is 189 Å². The predicted molar refractivity (Wildman–Crippen MR) is 273 cm³/mol. The first kappa shape index (κ1) is 74.3. The zero-order valence-corrected chi connectivity index (χ0v) is 54.7. The third-order valence-electron chi connectivity index (χ3n) is 15.4. The molecule has 0 saturated carbocycles. The molecule has 67 heavy (non-hydrogen) atoms. The van der Waals surface area contributed by atoms with Crippen LogP contribution < -0.4 is 15.1 Å². The van der Waals surface area contributed by atoms with Gasteiger partial charge < -0.3 is 15.1 Å². The van der Waals surface area contributed by atoms with Crippen LogP contribution in [-0.4, -0.2) is 7.32 Å². The number of hydrogen-bond donors (Lipinski definition) is 0. The summed E-state index contributed by atoms with van der Waals surface area (Å²) in [4.78, 5) is 0. The summed E-state index contributed by atoms with van der Waals surface area (Å²) in [6.07, 6.45) is 20.6. The number of allylic oxidation sites excluding steroid dienone is 24. The fraction of sp³-hybridized carbons (Fsp3) is 0.600. The minimum Gasteiger partial charge on any atom is -0.907 e. The van der Waals surface area contributed by atoms with Crippen molar-refractivity contribution in [2.45, 2.75) is 208 Å². The van der Waals surface area contributed by atoms with Crippen molar-refractivity contribution in [1.82, 2.24) is 0 Å². The largest absolute Gasteiger partial charge is 3.00 e. The Balaban J connectivity index is -0.000000347. The molecular formula is C60H90BGd3O3. The van der Waals surface area contributed by atoms with Crippen LogP contribution in [-0.2, 0) is 0 Å². The Morgan fingerprint density at radius 1 is 0.239 bits per heavy atom. The molecule has 7 heteroatoms. The van der Waals surface area contributed by atoms with E-state index in [1.165, 1.54) is 100 Å². The van der Waals surface area contributed by atoms with Gasteiger partial charge in [0, 0.05) is 0 Å². The summed E-state index contributed by atoms with van der Waals surface area (Å²) in [5.74, 6) is 0. The molecule has 0 N–H and O–H groups in total. The van der Waals surface area contributed by atoms with E-state index < -0.39 is 7.32 Å². The van der Waals surface area contributed by atoms with Crippen molar-refractivity contribution in [3.8, 4) is 0 Å². The molecule has 0 aliphatic heterocycles. The van der Waals surface area contributed by atoms with Crippen LogP contribution in [0.1, 0.15) is 208 Å². The van der Waals surface area contributed by atoms with E-state index in [1.54, 1.807) is 0 Å². The first-order valence-electron chi connectivity index (χ1n) is 23.2. The van der Waals surface area contributed by atoms with Gasteiger partial charge in [0.05, 0.1) is 0 Å². The maximum Gasteiger partial charge on any atom is 3.00 e. The minimum absolute atomic E-state index is 0. The standard InChI is InChI=1S/6C10H15.BO3.3Gd/c6*1-7-6-10(4,5)9(3)8(7)2;2-1(3)4;;;/h6*1-5H3;;;;/q6*-1;-3;3*+3. The van der Waals surface area contributed by atoms with Crippen LogP contribution >= 0.6 is 0 Å². The Hall–Kier alpha value is 0.799. The molecule has 6 aliphatic rings. The molecule has 0 heterocycles. The molecule has 3 radical (unpaired) electrons. The van der Waals surface area contributed by atoms with Gasteiger partial charge in [0.1, 0.15) is 0 Å². The van der Waals surface area contributed by atoms with E-state index in [9.17, 15) is 0 Å². The third-order valence-corrected chi connectivity index (χ3v) is 15.4. The van der Waals surface area contributed by atoms with Gasteiger partial charge >= 0.3 is 120 Å². The second kappa shape index (κ2) is 29.0. The van der Waals surface area contributed by atoms with E-state index in [0.717, 1.165) is 0 Å². The van der Waals surface area contributed by atoms with Gasteiger partial charge in [-0.15, -0.1) is 41.5 Å². The Morgan fingerprint density at radius 2 is 0.313 bits per heavy atom. The summed E-state index contributed by atoms with van der Waals surface area (Å²) in [7, 11) is -2.92. The Kier molecular flexibility index (Phi) is 32.2. The van der Waals surface area contributed by atoms with Crippen molar-refractivity contribution in [3.05, 3.63) is 137 Å². The fourth-order valence-corrected chi connectivity index (χ4v) is 8.44. The molecule has 0 aromatic rings. The average molecular weight is 1340 g/mol. The van der Waals surface area contributed by atoms with Crippen LogP contribution in [0.2, 0.25) is 0 Å². The van der Waals surface area contributed by atoms with Gasteiger partial charge in [-0.1, -0.05) is 199 Å². The number of hydrogen-bond acceptors (Lipinski definition) is 3. The first-order chi connectivity index (χ1) is 28.4. The molecule has 0 atom stereocenters. The normalized spacial score (nSPS) is 21.4. The van der Waals surface area contributed by atoms with Gasteiger partial charge in [-0.2, -0.15) is 66.9 Å². The fourth-order valence-electron chi connectivity index (χ4n) is 8.44. The number of rotatable bonds is 0. The van der Waals surface area contributed by atoms with Crippen molar-refractivity contribution < 1.29 is 135 Å². The summed E-state index contributed by atoms with van der Waals surface area (Å²) < 4.78 is 0. The Bertz CT molecular complexity index is 1760. The van der Waals surface area contributed by atoms with E-state index in [4.69, 9.17) is 15.1 Å². The van der Waals surface area contributed by atoms with Crippen LogP contribution in [0.15, 0.2) is 100 Å². The van der Waals surface area contributed by atoms with Crippen molar-refractivity contribution >= 4 is 7.32 Å². The molecule has 0 bridgehead atoms. The molecule has 375 valence electrons. The maximum absolute atomic E-state index is 8.42. The van der Waals surface area contributed by atoms with Crippen LogP contribution in [0.5, 0.6) is 0 Å². The average Bonchev–Trinajstić information content (AvgIpc) is 3.73. The summed E-state index contributed by atoms with van der Waals surface area (Å²) >= 11 is 0. The smallest absolute Gasteiger partial charge is 0.907 e. The Morgan fingerprint density at radius 3 is 0.328 bits per heavy atom. The quantitative estimate of drug-likeness (QED) is 0.179. The minimum atomic E-state index is -2.92. The van der Waals surface area contributed by atoms with E-state index in [1.807, 2.05) is 0 Å². The molecular weight excluding hydrogens is 1250 g/mol. The molecule has 0 aromatic heterocycles. The van der Waals surface area contributed by atoms with Gasteiger partial charge in [-0.05, 0) is 0 Å². The van der Waals surface area contributed by atoms with E-state index in [2.05, 4.69) is 244 Å². The first-order valence-corrected chi connectivity index (χ1v) is 23.2. The maximum atomic E-state index is 8.42. The van der Waals surface area contributed by atoms with Gasteiger partial charge in [-0.25, -0.2) is 33.4 Å². The van der Waals surface area contributed by atoms with E-state index in [0.29, 0.717) is 0 Å². The van der Waals surface area contributed by atoms with Crippen molar-refractivity contribution in [2.75, 3.05) is 0 Å². The third kappa shape index (κ3) is 21.3. The molecule has 3 nitrogen and oxygen atoms in total. The molecule has 0 spiro atoms. The molecule has 0 aromatic carbocycles. The summed E-state index contributed by atoms with van der Waals surface area (Å²) in [5, 5.41) is 25.2. The molecule has 6 aliphatic carbocycles. The monoisotopic (exact) mass is 1340 g/mol. The Labute approximate surface area is 512 Å². The zero-order chi connectivity index (χ0) is 51.2. The summed E-state index contributed by atoms with van der Waals surface area (Å²) in [6.45, 7) is 65.5. The summed E-state index contributed by atoms with van der Waals surface area (Å²) in [5.41, 5.74) is 26.4. The second-order valence-corrected chi connectivity index (χ2v) is 22.0. The SMILES string of the molecule is CC1=[C-]C(C)(C)C(C)=C1C.CC1=[C-]C(C)(C)C(C)=C1C.CC1=[C-]C(C)(C)C(C)=C1C.CC1=[C-]C(C)(C)C(C)=C1C.CC1=[C-]C(C)(C)C(C)=C1C.CC1=[C-]C(C)(C)C(C)=C1C.[Gd+3].[Gd+3].[Gd+3].[O-]B([O-])[O-]. The predicted octanol–water partition coefficient (Wildman–Crippen LogP) is 14.7. The van der Waals surface area contributed by atoms with Crippen molar-refractivity contribution in [1.29, 1.82) is 0 Å². The topological polar surface area (TPSA) is 69.2 Å². The van der Waals surface area contributed by atoms with Gasteiger partial charge in [0.15, 0.2) is 0 Å². The van der Waals surface area contributed by atoms with Crippen LogP contribution in [0.4, 0.5) is 0 Å². The van der Waals surface area contributed by atoms with Gasteiger partial charge in [0.25, 0.3) is 0 Å². The van der Waals surface area contributed by atoms with Gasteiger partial charge in [-0.3, -0.25) is 43.8 Å². The van der Waals surface area contributed by atoms with E-state index in [-0.39, 0.29) is 152 Å². The van der Waals surface area contributed by atoms with E-state index >= 15 is 0 Å². The molecule has 0 unspecified atom stereocenters. The second-order valence-electron chi connectivity index (χ2n) is 22.0. The van der Waals surface area contributed by atoms with Crippen LogP contribution in [0.25, 0.3) is 0 Å². The molecule has 0 fully saturated rings. The molecule has 6 rings (SSSR count). The molecule has 0 amide bonds. The van der Waals surface area contributed by atoms with Crippen molar-refractivity contribution in [3.63, 3.8) is 0 Å². The summed E-state index contributed by atoms with van der Waals surface area (Å²) in [6, 6.07) is 0. The van der Waals surface area contributed by atoms with Crippen LogP contribution in [0.3, 0.4) is 0 Å².